The van der Waals surface area contributed by atoms with E-state index in [-0.39, 0.29) is 12.5 Å². The van der Waals surface area contributed by atoms with Crippen LogP contribution in [0.5, 0.6) is 0 Å². The van der Waals surface area contributed by atoms with E-state index in [2.05, 4.69) is 15.6 Å². The number of aliphatic hydroxyl groups excluding tert-OH is 1. The first kappa shape index (κ1) is 14.2. The maximum Gasteiger partial charge on any atom is 0.231 e. The van der Waals surface area contributed by atoms with Crippen LogP contribution < -0.4 is 5.32 Å². The minimum atomic E-state index is -0.643. The minimum Gasteiger partial charge on any atom is -0.390 e. The van der Waals surface area contributed by atoms with Crippen molar-refractivity contribution in [2.75, 3.05) is 5.32 Å². The Morgan fingerprint density at radius 1 is 1.35 bits per heavy atom. The molecule has 2 aromatic rings. The number of carbonyl (C=O) groups excluding carboxylic acids is 1. The number of amides is 1. The smallest absolute Gasteiger partial charge is 0.231 e. The number of hydrogen-bond acceptors (Lipinski definition) is 4. The number of nitrogens with zero attached hydrogens (tertiary/aromatic N) is 3. The average Bonchev–Trinajstić information content (AvgIpc) is 2.86. The van der Waals surface area contributed by atoms with Gasteiger partial charge in [0.05, 0.1) is 24.8 Å². The average molecular weight is 274 g/mol. The number of carbonyl (C=O) groups is 1. The summed E-state index contributed by atoms with van der Waals surface area (Å²) in [5.74, 6) is -0.0928. The summed E-state index contributed by atoms with van der Waals surface area (Å²) in [6.07, 6.45) is 1.64. The van der Waals surface area contributed by atoms with Crippen molar-refractivity contribution in [2.45, 2.75) is 27.0 Å². The van der Waals surface area contributed by atoms with Crippen LogP contribution in [-0.4, -0.2) is 26.0 Å². The molecule has 1 aromatic carbocycles. The summed E-state index contributed by atoms with van der Waals surface area (Å²) in [6, 6.07) is 9.31. The Morgan fingerprint density at radius 2 is 2.05 bits per heavy atom. The molecular formula is C14H18N4O2. The van der Waals surface area contributed by atoms with E-state index in [0.29, 0.717) is 12.2 Å². The lowest BCUT2D eigenvalue weighted by Gasteiger charge is -2.23. The van der Waals surface area contributed by atoms with Gasteiger partial charge in [-0.15, -0.1) is 5.10 Å². The molecule has 0 aliphatic heterocycles. The molecular weight excluding hydrogens is 256 g/mol. The predicted molar refractivity (Wildman–Crippen MR) is 74.8 cm³/mol. The number of rotatable bonds is 5. The summed E-state index contributed by atoms with van der Waals surface area (Å²) in [5, 5.41) is 19.5. The Bertz CT molecular complexity index is 578. The van der Waals surface area contributed by atoms with Crippen LogP contribution in [0.2, 0.25) is 0 Å². The number of aliphatic hydroxyl groups is 1. The Morgan fingerprint density at radius 3 is 2.65 bits per heavy atom. The van der Waals surface area contributed by atoms with Crippen molar-refractivity contribution in [3.8, 4) is 0 Å². The van der Waals surface area contributed by atoms with Crippen molar-refractivity contribution in [2.24, 2.45) is 5.41 Å². The molecule has 6 nitrogen and oxygen atoms in total. The molecule has 20 heavy (non-hydrogen) atoms. The van der Waals surface area contributed by atoms with E-state index in [9.17, 15) is 4.79 Å². The van der Waals surface area contributed by atoms with Crippen molar-refractivity contribution in [3.05, 3.63) is 42.2 Å². The zero-order valence-electron chi connectivity index (χ0n) is 11.6. The molecule has 1 aromatic heterocycles. The van der Waals surface area contributed by atoms with E-state index in [1.165, 1.54) is 0 Å². The highest BCUT2D eigenvalue weighted by Crippen LogP contribution is 2.20. The molecule has 0 aliphatic rings. The molecule has 0 bridgehead atoms. The summed E-state index contributed by atoms with van der Waals surface area (Å²) in [5.41, 5.74) is 0.612. The van der Waals surface area contributed by atoms with Gasteiger partial charge in [-0.25, -0.2) is 0 Å². The highest BCUT2D eigenvalue weighted by molar-refractivity contribution is 5.94. The van der Waals surface area contributed by atoms with Crippen molar-refractivity contribution in [1.82, 2.24) is 15.0 Å². The molecule has 1 amide bonds. The number of aromatic nitrogens is 3. The van der Waals surface area contributed by atoms with Crippen LogP contribution in [0, 0.1) is 5.41 Å². The SMILES string of the molecule is CC(C)(Cn1cc(CO)nn1)C(=O)Nc1ccccc1. The van der Waals surface area contributed by atoms with E-state index >= 15 is 0 Å². The second-order valence-corrected chi connectivity index (χ2v) is 5.27. The van der Waals surface area contributed by atoms with Gasteiger partial charge in [-0.1, -0.05) is 23.4 Å². The second-order valence-electron chi connectivity index (χ2n) is 5.27. The Kier molecular flexibility index (Phi) is 4.14. The largest absolute Gasteiger partial charge is 0.390 e. The van der Waals surface area contributed by atoms with Gasteiger partial charge in [-0.05, 0) is 26.0 Å². The van der Waals surface area contributed by atoms with Crippen LogP contribution in [0.1, 0.15) is 19.5 Å². The third-order valence-corrected chi connectivity index (χ3v) is 2.95. The number of para-hydroxylation sites is 1. The minimum absolute atomic E-state index is 0.0928. The molecule has 0 spiro atoms. The zero-order valence-corrected chi connectivity index (χ0v) is 11.6. The van der Waals surface area contributed by atoms with E-state index in [0.717, 1.165) is 5.69 Å². The van der Waals surface area contributed by atoms with Crippen molar-refractivity contribution in [3.63, 3.8) is 0 Å². The normalized spacial score (nSPS) is 11.3. The van der Waals surface area contributed by atoms with Crippen LogP contribution >= 0.6 is 0 Å². The van der Waals surface area contributed by atoms with E-state index in [4.69, 9.17) is 5.11 Å². The van der Waals surface area contributed by atoms with Crippen LogP contribution in [-0.2, 0) is 17.9 Å². The Labute approximate surface area is 117 Å². The van der Waals surface area contributed by atoms with Gasteiger partial charge in [0.15, 0.2) is 0 Å². The molecule has 0 radical (unpaired) electrons. The highest BCUT2D eigenvalue weighted by atomic mass is 16.3. The fourth-order valence-electron chi connectivity index (χ4n) is 1.79. The van der Waals surface area contributed by atoms with Crippen molar-refractivity contribution >= 4 is 11.6 Å². The molecule has 6 heteroatoms. The maximum absolute atomic E-state index is 12.3. The standard InChI is InChI=1S/C14H18N4O2/c1-14(2,10-18-8-12(9-19)16-17-18)13(20)15-11-6-4-3-5-7-11/h3-8,19H,9-10H2,1-2H3,(H,15,20). The van der Waals surface area contributed by atoms with E-state index in [1.807, 2.05) is 44.2 Å². The second kappa shape index (κ2) is 5.83. The van der Waals surface area contributed by atoms with Gasteiger partial charge >= 0.3 is 0 Å². The molecule has 0 saturated heterocycles. The first-order valence-corrected chi connectivity index (χ1v) is 6.37. The molecule has 0 atom stereocenters. The molecule has 0 unspecified atom stereocenters. The molecule has 2 N–H and O–H groups in total. The first-order chi connectivity index (χ1) is 9.51. The number of benzene rings is 1. The lowest BCUT2D eigenvalue weighted by Crippen LogP contribution is -2.34. The van der Waals surface area contributed by atoms with Crippen LogP contribution in [0.3, 0.4) is 0 Å². The van der Waals surface area contributed by atoms with Crippen LogP contribution in [0.15, 0.2) is 36.5 Å². The van der Waals surface area contributed by atoms with Crippen molar-refractivity contribution < 1.29 is 9.90 Å². The number of hydrogen-bond donors (Lipinski definition) is 2. The topological polar surface area (TPSA) is 80.0 Å². The fraction of sp³-hybridized carbons (Fsp3) is 0.357. The number of anilines is 1. The van der Waals surface area contributed by atoms with Crippen LogP contribution in [0.25, 0.3) is 0 Å². The monoisotopic (exact) mass is 274 g/mol. The third-order valence-electron chi connectivity index (χ3n) is 2.95. The van der Waals surface area contributed by atoms with Crippen LogP contribution in [0.4, 0.5) is 5.69 Å². The molecule has 0 aliphatic carbocycles. The molecule has 0 saturated carbocycles. The third kappa shape index (κ3) is 3.42. The molecule has 106 valence electrons. The van der Waals surface area contributed by atoms with Gasteiger partial charge in [-0.2, -0.15) is 0 Å². The van der Waals surface area contributed by atoms with Gasteiger partial charge in [0.25, 0.3) is 0 Å². The molecule has 1 heterocycles. The summed E-state index contributed by atoms with van der Waals surface area (Å²) in [7, 11) is 0. The zero-order chi connectivity index (χ0) is 14.6. The lowest BCUT2D eigenvalue weighted by atomic mass is 9.92. The van der Waals surface area contributed by atoms with Gasteiger partial charge in [0.1, 0.15) is 5.69 Å². The lowest BCUT2D eigenvalue weighted by molar-refractivity contribution is -0.124. The van der Waals surface area contributed by atoms with Crippen molar-refractivity contribution in [1.29, 1.82) is 0 Å². The summed E-state index contributed by atoms with van der Waals surface area (Å²) < 4.78 is 1.57. The van der Waals surface area contributed by atoms with Gasteiger partial charge in [-0.3, -0.25) is 9.48 Å². The highest BCUT2D eigenvalue weighted by Gasteiger charge is 2.28. The van der Waals surface area contributed by atoms with Gasteiger partial charge in [0.2, 0.25) is 5.91 Å². The molecule has 2 rings (SSSR count). The van der Waals surface area contributed by atoms with Gasteiger partial charge < -0.3 is 10.4 Å². The summed E-state index contributed by atoms with van der Waals surface area (Å²) in [4.78, 5) is 12.3. The first-order valence-electron chi connectivity index (χ1n) is 6.37. The fourth-order valence-corrected chi connectivity index (χ4v) is 1.79. The Balaban J connectivity index is 2.03. The van der Waals surface area contributed by atoms with Gasteiger partial charge in [0, 0.05) is 5.69 Å². The molecule has 0 fully saturated rings. The van der Waals surface area contributed by atoms with E-state index < -0.39 is 5.41 Å². The maximum atomic E-state index is 12.3. The van der Waals surface area contributed by atoms with E-state index in [1.54, 1.807) is 10.9 Å². The summed E-state index contributed by atoms with van der Waals surface area (Å²) in [6.45, 7) is 3.91. The Hall–Kier alpha value is -2.21. The quantitative estimate of drug-likeness (QED) is 0.864. The summed E-state index contributed by atoms with van der Waals surface area (Å²) >= 11 is 0. The number of nitrogens with one attached hydrogen (secondary N) is 1. The predicted octanol–water partition coefficient (Wildman–Crippen LogP) is 1.44.